The van der Waals surface area contributed by atoms with Crippen molar-refractivity contribution in [2.45, 2.75) is 26.2 Å². The molecule has 106 valence electrons. The third-order valence-corrected chi connectivity index (χ3v) is 2.22. The minimum absolute atomic E-state index is 0.113. The molecule has 0 aromatic carbocycles. The Balaban J connectivity index is 2.51. The van der Waals surface area contributed by atoms with Crippen LogP contribution < -0.4 is 4.74 Å². The van der Waals surface area contributed by atoms with E-state index in [9.17, 15) is 9.59 Å². The molecular weight excluding hydrogens is 252 g/mol. The van der Waals surface area contributed by atoms with Crippen LogP contribution in [0.25, 0.3) is 0 Å². The zero-order valence-corrected chi connectivity index (χ0v) is 11.1. The van der Waals surface area contributed by atoms with Crippen molar-refractivity contribution in [2.75, 3.05) is 20.3 Å². The molecule has 0 fully saturated rings. The maximum absolute atomic E-state index is 11.7. The first-order valence-corrected chi connectivity index (χ1v) is 6.09. The van der Waals surface area contributed by atoms with Crippen molar-refractivity contribution in [3.63, 3.8) is 0 Å². The van der Waals surface area contributed by atoms with Gasteiger partial charge in [0, 0.05) is 32.8 Å². The summed E-state index contributed by atoms with van der Waals surface area (Å²) in [5.74, 6) is -1.18. The first kappa shape index (κ1) is 15.2. The summed E-state index contributed by atoms with van der Waals surface area (Å²) in [6.45, 7) is 2.75. The van der Waals surface area contributed by atoms with Gasteiger partial charge in [-0.3, -0.25) is 9.89 Å². The molecule has 0 aliphatic heterocycles. The molecular formula is C12H18N2O5. The Bertz CT molecular complexity index is 416. The van der Waals surface area contributed by atoms with Gasteiger partial charge in [-0.1, -0.05) is 6.92 Å². The molecule has 0 unspecified atom stereocenters. The zero-order chi connectivity index (χ0) is 14.1. The highest BCUT2D eigenvalue weighted by Crippen LogP contribution is 2.15. The number of H-pyrrole nitrogens is 1. The van der Waals surface area contributed by atoms with Crippen molar-refractivity contribution >= 4 is 11.9 Å². The van der Waals surface area contributed by atoms with E-state index >= 15 is 0 Å². The van der Waals surface area contributed by atoms with Crippen molar-refractivity contribution in [1.82, 2.24) is 10.2 Å². The summed E-state index contributed by atoms with van der Waals surface area (Å²) >= 11 is 0. The number of hydrogen-bond acceptors (Lipinski definition) is 6. The number of rotatable bonds is 8. The molecule has 0 spiro atoms. The van der Waals surface area contributed by atoms with Crippen LogP contribution in [0.1, 0.15) is 36.5 Å². The molecule has 1 heterocycles. The predicted molar refractivity (Wildman–Crippen MR) is 65.9 cm³/mol. The van der Waals surface area contributed by atoms with Gasteiger partial charge in [-0.05, 0) is 6.42 Å². The van der Waals surface area contributed by atoms with Gasteiger partial charge in [0.25, 0.3) is 0 Å². The second-order valence-corrected chi connectivity index (χ2v) is 3.81. The summed E-state index contributed by atoms with van der Waals surface area (Å²) in [6, 6.07) is 0. The van der Waals surface area contributed by atoms with Crippen LogP contribution in [0.4, 0.5) is 0 Å². The van der Waals surface area contributed by atoms with Crippen molar-refractivity contribution in [2.24, 2.45) is 0 Å². The lowest BCUT2D eigenvalue weighted by atomic mass is 10.3. The Hall–Kier alpha value is -1.89. The summed E-state index contributed by atoms with van der Waals surface area (Å²) in [7, 11) is 1.59. The molecule has 0 aliphatic carbocycles. The number of nitrogens with one attached hydrogen (secondary N) is 1. The average Bonchev–Trinajstić information content (AvgIpc) is 2.83. The topological polar surface area (TPSA) is 90.5 Å². The van der Waals surface area contributed by atoms with Crippen LogP contribution in [0, 0.1) is 0 Å². The lowest BCUT2D eigenvalue weighted by molar-refractivity contribution is -0.137. The minimum atomic E-state index is -0.756. The van der Waals surface area contributed by atoms with E-state index in [0.29, 0.717) is 26.1 Å². The fraction of sp³-hybridized carbons (Fsp3) is 0.583. The monoisotopic (exact) mass is 270 g/mol. The molecule has 1 rings (SSSR count). The largest absolute Gasteiger partial charge is 0.476 e. The van der Waals surface area contributed by atoms with Crippen molar-refractivity contribution in [3.05, 3.63) is 11.8 Å². The van der Waals surface area contributed by atoms with Crippen LogP contribution in [0.2, 0.25) is 0 Å². The molecule has 0 bridgehead atoms. The van der Waals surface area contributed by atoms with Gasteiger partial charge in [0.1, 0.15) is 5.56 Å². The van der Waals surface area contributed by atoms with Crippen molar-refractivity contribution in [1.29, 1.82) is 0 Å². The molecule has 0 atom stereocenters. The van der Waals surface area contributed by atoms with Crippen molar-refractivity contribution < 1.29 is 23.8 Å². The minimum Gasteiger partial charge on any atom is -0.476 e. The molecule has 0 amide bonds. The number of hydrogen-bond donors (Lipinski definition) is 1. The number of carbonyl (C=O) groups is 2. The van der Waals surface area contributed by atoms with Crippen LogP contribution in [-0.2, 0) is 14.3 Å². The highest BCUT2D eigenvalue weighted by molar-refractivity contribution is 5.98. The summed E-state index contributed by atoms with van der Waals surface area (Å²) in [4.78, 5) is 22.9. The number of esters is 2. The van der Waals surface area contributed by atoms with Crippen LogP contribution in [0.15, 0.2) is 6.20 Å². The maximum Gasteiger partial charge on any atom is 0.352 e. The van der Waals surface area contributed by atoms with Gasteiger partial charge in [0.05, 0.1) is 6.61 Å². The second kappa shape index (κ2) is 8.25. The Morgan fingerprint density at radius 3 is 2.84 bits per heavy atom. The molecule has 1 N–H and O–H groups in total. The first-order chi connectivity index (χ1) is 9.19. The second-order valence-electron chi connectivity index (χ2n) is 3.81. The molecule has 0 saturated carbocycles. The number of aromatic amines is 1. The smallest absolute Gasteiger partial charge is 0.352 e. The highest BCUT2D eigenvalue weighted by Gasteiger charge is 2.19. The molecule has 7 nitrogen and oxygen atoms in total. The normalized spacial score (nSPS) is 10.2. The number of aromatic nitrogens is 2. The van der Waals surface area contributed by atoms with Gasteiger partial charge in [-0.15, -0.1) is 5.10 Å². The molecule has 0 aliphatic rings. The number of carbonyl (C=O) groups excluding carboxylic acids is 2. The van der Waals surface area contributed by atoms with Gasteiger partial charge in [-0.25, -0.2) is 4.79 Å². The van der Waals surface area contributed by atoms with Crippen LogP contribution in [0.5, 0.6) is 5.88 Å². The van der Waals surface area contributed by atoms with E-state index in [-0.39, 0.29) is 17.9 Å². The van der Waals surface area contributed by atoms with E-state index in [1.54, 1.807) is 7.11 Å². The average molecular weight is 270 g/mol. The Morgan fingerprint density at radius 2 is 2.16 bits per heavy atom. The molecule has 19 heavy (non-hydrogen) atoms. The van der Waals surface area contributed by atoms with Gasteiger partial charge in [0.15, 0.2) is 0 Å². The van der Waals surface area contributed by atoms with E-state index in [0.717, 1.165) is 0 Å². The molecule has 1 aromatic heterocycles. The van der Waals surface area contributed by atoms with Crippen molar-refractivity contribution in [3.8, 4) is 5.88 Å². The van der Waals surface area contributed by atoms with E-state index in [1.165, 1.54) is 6.20 Å². The van der Waals surface area contributed by atoms with Crippen LogP contribution in [-0.4, -0.2) is 42.5 Å². The Labute approximate surface area is 111 Å². The number of methoxy groups -OCH3 is 1. The van der Waals surface area contributed by atoms with Gasteiger partial charge in [0.2, 0.25) is 5.88 Å². The molecule has 7 heteroatoms. The van der Waals surface area contributed by atoms with E-state index < -0.39 is 11.9 Å². The highest BCUT2D eigenvalue weighted by atomic mass is 16.6. The maximum atomic E-state index is 11.7. The summed E-state index contributed by atoms with van der Waals surface area (Å²) in [5, 5.41) is 6.30. The lowest BCUT2D eigenvalue weighted by Gasteiger charge is -2.05. The number of ether oxygens (including phenoxy) is 3. The zero-order valence-electron chi connectivity index (χ0n) is 11.1. The standard InChI is InChI=1S/C12H18N2O5/c1-3-5-10(15)19-12(16)9-8-13-14-11(9)18-7-4-6-17-2/h8H,3-7H2,1-2H3,(H,13,14). The SMILES string of the molecule is CCCC(=O)OC(=O)c1c[nH]nc1OCCCOC. The molecule has 0 saturated heterocycles. The summed E-state index contributed by atoms with van der Waals surface area (Å²) in [5.41, 5.74) is 0.113. The fourth-order valence-electron chi connectivity index (χ4n) is 1.32. The van der Waals surface area contributed by atoms with Gasteiger partial charge in [-0.2, -0.15) is 0 Å². The molecule has 1 aromatic rings. The fourth-order valence-corrected chi connectivity index (χ4v) is 1.32. The van der Waals surface area contributed by atoms with Gasteiger partial charge < -0.3 is 14.2 Å². The third kappa shape index (κ3) is 5.09. The summed E-state index contributed by atoms with van der Waals surface area (Å²) < 4.78 is 14.8. The first-order valence-electron chi connectivity index (χ1n) is 6.09. The lowest BCUT2D eigenvalue weighted by Crippen LogP contribution is -2.13. The predicted octanol–water partition coefficient (Wildman–Crippen LogP) is 1.31. The Kier molecular flexibility index (Phi) is 6.59. The summed E-state index contributed by atoms with van der Waals surface area (Å²) in [6.07, 6.45) is 2.84. The van der Waals surface area contributed by atoms with E-state index in [4.69, 9.17) is 9.47 Å². The van der Waals surface area contributed by atoms with Crippen LogP contribution in [0.3, 0.4) is 0 Å². The van der Waals surface area contributed by atoms with E-state index in [2.05, 4.69) is 14.9 Å². The molecule has 0 radical (unpaired) electrons. The number of nitrogens with zero attached hydrogens (tertiary/aromatic N) is 1. The Morgan fingerprint density at radius 1 is 1.37 bits per heavy atom. The van der Waals surface area contributed by atoms with Crippen LogP contribution >= 0.6 is 0 Å². The van der Waals surface area contributed by atoms with Gasteiger partial charge >= 0.3 is 11.9 Å². The quantitative estimate of drug-likeness (QED) is 0.435. The third-order valence-electron chi connectivity index (χ3n) is 2.22. The van der Waals surface area contributed by atoms with E-state index in [1.807, 2.05) is 6.92 Å².